The van der Waals surface area contributed by atoms with E-state index in [0.29, 0.717) is 0 Å². The smallest absolute Gasteiger partial charge is 0.328 e. The number of halogens is 2. The minimum Gasteiger partial charge on any atom is -0.480 e. The Morgan fingerprint density at radius 1 is 1.39 bits per heavy atom. The van der Waals surface area contributed by atoms with E-state index in [1.54, 1.807) is 0 Å². The second kappa shape index (κ2) is 4.99. The topological polar surface area (TPSA) is 92.5 Å². The van der Waals surface area contributed by atoms with Crippen molar-refractivity contribution in [3.63, 3.8) is 0 Å². The second-order valence-corrected chi connectivity index (χ2v) is 4.91. The zero-order valence-corrected chi connectivity index (χ0v) is 11.0. The van der Waals surface area contributed by atoms with E-state index >= 15 is 0 Å². The van der Waals surface area contributed by atoms with Gasteiger partial charge in [0, 0.05) is 6.07 Å². The van der Waals surface area contributed by atoms with Crippen molar-refractivity contribution in [3.8, 4) is 0 Å². The van der Waals surface area contributed by atoms with Crippen LogP contribution in [-0.2, 0) is 4.79 Å². The molecule has 0 amide bonds. The summed E-state index contributed by atoms with van der Waals surface area (Å²) in [5.74, 6) is -1.15. The average Bonchev–Trinajstić information content (AvgIpc) is 2.22. The van der Waals surface area contributed by atoms with Gasteiger partial charge in [-0.3, -0.25) is 10.1 Å². The maximum atomic E-state index is 11.0. The Bertz CT molecular complexity index is 517. The van der Waals surface area contributed by atoms with Gasteiger partial charge in [-0.1, -0.05) is 23.2 Å². The molecule has 0 spiro atoms. The number of nitrogens with one attached hydrogen (secondary N) is 1. The van der Waals surface area contributed by atoms with Crippen LogP contribution in [0.1, 0.15) is 13.8 Å². The SMILES string of the molecule is CC(C)(Nc1cc(Cl)c(Cl)cc1[N+](=O)[O-])C(=O)O. The summed E-state index contributed by atoms with van der Waals surface area (Å²) < 4.78 is 0. The van der Waals surface area contributed by atoms with Crippen molar-refractivity contribution < 1.29 is 14.8 Å². The first kappa shape index (κ1) is 14.5. The van der Waals surface area contributed by atoms with E-state index in [4.69, 9.17) is 28.3 Å². The van der Waals surface area contributed by atoms with E-state index in [1.807, 2.05) is 0 Å². The van der Waals surface area contributed by atoms with Crippen molar-refractivity contribution in [2.24, 2.45) is 0 Å². The summed E-state index contributed by atoms with van der Waals surface area (Å²) >= 11 is 11.4. The van der Waals surface area contributed by atoms with Gasteiger partial charge in [0.05, 0.1) is 15.0 Å². The molecule has 18 heavy (non-hydrogen) atoms. The van der Waals surface area contributed by atoms with Crippen LogP contribution >= 0.6 is 23.2 Å². The molecule has 0 atom stereocenters. The summed E-state index contributed by atoms with van der Waals surface area (Å²) in [6.07, 6.45) is 0. The summed E-state index contributed by atoms with van der Waals surface area (Å²) in [7, 11) is 0. The molecule has 98 valence electrons. The van der Waals surface area contributed by atoms with Crippen LogP contribution in [0.4, 0.5) is 11.4 Å². The van der Waals surface area contributed by atoms with Crippen LogP contribution in [0.25, 0.3) is 0 Å². The standard InChI is InChI=1S/C10H10Cl2N2O4/c1-10(2,9(15)16)13-7-3-5(11)6(12)4-8(7)14(17)18/h3-4,13H,1-2H3,(H,15,16). The monoisotopic (exact) mass is 292 g/mol. The van der Waals surface area contributed by atoms with Crippen LogP contribution in [-0.4, -0.2) is 21.5 Å². The van der Waals surface area contributed by atoms with Crippen molar-refractivity contribution >= 4 is 40.5 Å². The molecule has 1 rings (SSSR count). The molecule has 0 saturated carbocycles. The first-order valence-electron chi connectivity index (χ1n) is 4.80. The number of benzene rings is 1. The highest BCUT2D eigenvalue weighted by molar-refractivity contribution is 6.42. The van der Waals surface area contributed by atoms with Crippen molar-refractivity contribution in [2.45, 2.75) is 19.4 Å². The minimum absolute atomic E-state index is 0.00167. The predicted molar refractivity (Wildman–Crippen MR) is 68.5 cm³/mol. The number of anilines is 1. The number of hydrogen-bond donors (Lipinski definition) is 2. The fourth-order valence-electron chi connectivity index (χ4n) is 1.18. The molecule has 0 radical (unpaired) electrons. The predicted octanol–water partition coefficient (Wildman–Crippen LogP) is 3.18. The lowest BCUT2D eigenvalue weighted by Crippen LogP contribution is -2.40. The molecule has 0 aliphatic carbocycles. The van der Waals surface area contributed by atoms with E-state index in [2.05, 4.69) is 5.32 Å². The van der Waals surface area contributed by atoms with Crippen molar-refractivity contribution in [1.82, 2.24) is 0 Å². The van der Waals surface area contributed by atoms with Crippen LogP contribution in [0.15, 0.2) is 12.1 Å². The molecule has 0 saturated heterocycles. The molecule has 2 N–H and O–H groups in total. The van der Waals surface area contributed by atoms with Crippen LogP contribution in [0, 0.1) is 10.1 Å². The number of rotatable bonds is 4. The lowest BCUT2D eigenvalue weighted by molar-refractivity contribution is -0.384. The number of carboxylic acids is 1. The van der Waals surface area contributed by atoms with Gasteiger partial charge in [0.1, 0.15) is 11.2 Å². The molecule has 0 fully saturated rings. The quantitative estimate of drug-likeness (QED) is 0.657. The normalized spacial score (nSPS) is 11.1. The number of nitro groups is 1. The van der Waals surface area contributed by atoms with Gasteiger partial charge in [-0.2, -0.15) is 0 Å². The van der Waals surface area contributed by atoms with Crippen LogP contribution in [0.3, 0.4) is 0 Å². The summed E-state index contributed by atoms with van der Waals surface area (Å²) in [5.41, 5.74) is -1.71. The van der Waals surface area contributed by atoms with E-state index in [-0.39, 0.29) is 21.4 Å². The highest BCUT2D eigenvalue weighted by Crippen LogP contribution is 2.35. The summed E-state index contributed by atoms with van der Waals surface area (Å²) in [6, 6.07) is 2.30. The Labute approximate surface area is 113 Å². The van der Waals surface area contributed by atoms with Crippen LogP contribution in [0.5, 0.6) is 0 Å². The Balaban J connectivity index is 3.27. The Morgan fingerprint density at radius 3 is 2.33 bits per heavy atom. The van der Waals surface area contributed by atoms with E-state index in [9.17, 15) is 14.9 Å². The van der Waals surface area contributed by atoms with E-state index in [1.165, 1.54) is 19.9 Å². The number of nitro benzene ring substituents is 1. The van der Waals surface area contributed by atoms with Gasteiger partial charge < -0.3 is 10.4 Å². The molecule has 0 unspecified atom stereocenters. The van der Waals surface area contributed by atoms with Gasteiger partial charge >= 0.3 is 5.97 Å². The number of carbonyl (C=O) groups is 1. The molecular weight excluding hydrogens is 283 g/mol. The summed E-state index contributed by atoms with van der Waals surface area (Å²) in [4.78, 5) is 21.2. The van der Waals surface area contributed by atoms with E-state index in [0.717, 1.165) is 6.07 Å². The number of aliphatic carboxylic acids is 1. The van der Waals surface area contributed by atoms with E-state index < -0.39 is 16.4 Å². The Morgan fingerprint density at radius 2 is 1.89 bits per heavy atom. The van der Waals surface area contributed by atoms with Gasteiger partial charge in [-0.05, 0) is 19.9 Å². The Hall–Kier alpha value is -1.53. The first-order chi connectivity index (χ1) is 8.15. The maximum absolute atomic E-state index is 11.0. The lowest BCUT2D eigenvalue weighted by Gasteiger charge is -2.22. The molecular formula is C10H10Cl2N2O4. The Kier molecular flexibility index (Phi) is 4.03. The van der Waals surface area contributed by atoms with Gasteiger partial charge in [-0.25, -0.2) is 4.79 Å². The molecule has 0 aliphatic rings. The van der Waals surface area contributed by atoms with Gasteiger partial charge in [-0.15, -0.1) is 0 Å². The zero-order valence-electron chi connectivity index (χ0n) is 9.53. The molecule has 0 aliphatic heterocycles. The minimum atomic E-state index is -1.37. The van der Waals surface area contributed by atoms with Gasteiger partial charge in [0.25, 0.3) is 5.69 Å². The third-order valence-electron chi connectivity index (χ3n) is 2.22. The third-order valence-corrected chi connectivity index (χ3v) is 2.94. The van der Waals surface area contributed by atoms with Gasteiger partial charge in [0.2, 0.25) is 0 Å². The fraction of sp³-hybridized carbons (Fsp3) is 0.300. The third kappa shape index (κ3) is 3.02. The number of hydrogen-bond acceptors (Lipinski definition) is 4. The van der Waals surface area contributed by atoms with Crippen molar-refractivity contribution in [3.05, 3.63) is 32.3 Å². The summed E-state index contributed by atoms with van der Waals surface area (Å²) in [5, 5.41) is 22.5. The first-order valence-corrected chi connectivity index (χ1v) is 5.56. The molecule has 6 nitrogen and oxygen atoms in total. The van der Waals surface area contributed by atoms with Crippen LogP contribution < -0.4 is 5.32 Å². The zero-order chi connectivity index (χ0) is 14.1. The molecule has 8 heteroatoms. The highest BCUT2D eigenvalue weighted by atomic mass is 35.5. The van der Waals surface area contributed by atoms with Gasteiger partial charge in [0.15, 0.2) is 0 Å². The summed E-state index contributed by atoms with van der Waals surface area (Å²) in [6.45, 7) is 2.75. The molecule has 0 bridgehead atoms. The maximum Gasteiger partial charge on any atom is 0.328 e. The number of nitrogens with zero attached hydrogens (tertiary/aromatic N) is 1. The largest absolute Gasteiger partial charge is 0.480 e. The van der Waals surface area contributed by atoms with Crippen molar-refractivity contribution in [1.29, 1.82) is 0 Å². The second-order valence-electron chi connectivity index (χ2n) is 4.10. The fourth-order valence-corrected chi connectivity index (χ4v) is 1.50. The van der Waals surface area contributed by atoms with Crippen molar-refractivity contribution in [2.75, 3.05) is 5.32 Å². The molecule has 0 aromatic heterocycles. The highest BCUT2D eigenvalue weighted by Gasteiger charge is 2.30. The molecule has 0 heterocycles. The van der Waals surface area contributed by atoms with Crippen LogP contribution in [0.2, 0.25) is 10.0 Å². The molecule has 1 aromatic carbocycles. The number of carboxylic acid groups (broad SMARTS) is 1. The molecule has 1 aromatic rings. The lowest BCUT2D eigenvalue weighted by atomic mass is 10.1. The average molecular weight is 293 g/mol.